The van der Waals surface area contributed by atoms with Crippen LogP contribution in [-0.2, 0) is 4.74 Å². The Kier molecular flexibility index (Phi) is 5.79. The zero-order valence-corrected chi connectivity index (χ0v) is 12.3. The summed E-state index contributed by atoms with van der Waals surface area (Å²) in [5.74, 6) is 5.86. The summed E-state index contributed by atoms with van der Waals surface area (Å²) in [4.78, 5) is 14.4. The zero-order valence-electron chi connectivity index (χ0n) is 12.3. The van der Waals surface area contributed by atoms with Crippen molar-refractivity contribution in [2.45, 2.75) is 25.4 Å². The van der Waals surface area contributed by atoms with Crippen molar-refractivity contribution < 1.29 is 14.6 Å². The van der Waals surface area contributed by atoms with E-state index in [0.29, 0.717) is 18.5 Å². The van der Waals surface area contributed by atoms with Gasteiger partial charge in [0.05, 0.1) is 12.7 Å². The molecule has 2 rings (SSSR count). The molecule has 0 saturated carbocycles. The van der Waals surface area contributed by atoms with Crippen LogP contribution in [0.4, 0.5) is 0 Å². The predicted octanol–water partition coefficient (Wildman–Crippen LogP) is 1.67. The summed E-state index contributed by atoms with van der Waals surface area (Å²) in [6.45, 7) is 1.48. The fourth-order valence-electron chi connectivity index (χ4n) is 2.45. The fourth-order valence-corrected chi connectivity index (χ4v) is 2.45. The Hall–Kier alpha value is -1.83. The van der Waals surface area contributed by atoms with Crippen LogP contribution >= 0.6 is 0 Å². The molecule has 0 spiro atoms. The van der Waals surface area contributed by atoms with Crippen LogP contribution in [0.5, 0.6) is 0 Å². The van der Waals surface area contributed by atoms with Crippen LogP contribution in [0.2, 0.25) is 0 Å². The molecule has 1 aliphatic rings. The molecule has 0 aliphatic carbocycles. The second-order valence-corrected chi connectivity index (χ2v) is 5.11. The van der Waals surface area contributed by atoms with E-state index < -0.39 is 0 Å². The highest BCUT2D eigenvalue weighted by Gasteiger charge is 2.24. The van der Waals surface area contributed by atoms with Gasteiger partial charge in [0.1, 0.15) is 0 Å². The van der Waals surface area contributed by atoms with E-state index in [0.717, 1.165) is 24.9 Å². The molecular weight excluding hydrogens is 266 g/mol. The van der Waals surface area contributed by atoms with E-state index in [1.54, 1.807) is 7.11 Å². The molecule has 1 aromatic carbocycles. The molecule has 1 heterocycles. The third kappa shape index (κ3) is 4.32. The minimum Gasteiger partial charge on any atom is -0.395 e. The number of rotatable bonds is 3. The molecule has 1 aromatic rings. The van der Waals surface area contributed by atoms with Crippen molar-refractivity contribution in [1.82, 2.24) is 4.90 Å². The minimum absolute atomic E-state index is 0.0301. The van der Waals surface area contributed by atoms with Gasteiger partial charge >= 0.3 is 0 Å². The molecule has 1 amide bonds. The monoisotopic (exact) mass is 287 g/mol. The average Bonchev–Trinajstić information content (AvgIpc) is 2.55. The smallest absolute Gasteiger partial charge is 0.253 e. The van der Waals surface area contributed by atoms with Gasteiger partial charge < -0.3 is 14.7 Å². The molecule has 4 nitrogen and oxygen atoms in total. The first-order chi connectivity index (χ1) is 10.2. The molecule has 0 aromatic heterocycles. The van der Waals surface area contributed by atoms with E-state index >= 15 is 0 Å². The second kappa shape index (κ2) is 7.82. The van der Waals surface area contributed by atoms with Crippen LogP contribution in [0.1, 0.15) is 35.2 Å². The summed E-state index contributed by atoms with van der Waals surface area (Å²) in [5, 5.41) is 8.73. The lowest BCUT2D eigenvalue weighted by molar-refractivity contribution is 0.0269. The van der Waals surface area contributed by atoms with Crippen molar-refractivity contribution in [3.63, 3.8) is 0 Å². The Morgan fingerprint density at radius 1 is 1.52 bits per heavy atom. The number of carbonyl (C=O) groups excluding carboxylic acids is 1. The number of benzene rings is 1. The number of aliphatic hydroxyl groups excluding tert-OH is 1. The molecule has 1 saturated heterocycles. The van der Waals surface area contributed by atoms with Crippen LogP contribution in [0, 0.1) is 11.8 Å². The first-order valence-corrected chi connectivity index (χ1v) is 7.26. The van der Waals surface area contributed by atoms with Crippen molar-refractivity contribution in [2.75, 3.05) is 26.8 Å². The largest absolute Gasteiger partial charge is 0.395 e. The van der Waals surface area contributed by atoms with Gasteiger partial charge in [-0.05, 0) is 31.0 Å². The summed E-state index contributed by atoms with van der Waals surface area (Å²) in [6.07, 6.45) is 2.56. The van der Waals surface area contributed by atoms with Crippen LogP contribution in [-0.4, -0.2) is 48.8 Å². The molecule has 0 bridgehead atoms. The average molecular weight is 287 g/mol. The number of nitrogens with zero attached hydrogens (tertiary/aromatic N) is 1. The number of ether oxygens (including phenoxy) is 1. The van der Waals surface area contributed by atoms with Crippen LogP contribution in [0.25, 0.3) is 0 Å². The first kappa shape index (κ1) is 15.6. The maximum atomic E-state index is 12.5. The highest BCUT2D eigenvalue weighted by molar-refractivity contribution is 5.94. The van der Waals surface area contributed by atoms with E-state index in [1.165, 1.54) is 0 Å². The molecule has 21 heavy (non-hydrogen) atoms. The first-order valence-electron chi connectivity index (χ1n) is 7.26. The molecule has 1 aliphatic heterocycles. The van der Waals surface area contributed by atoms with Gasteiger partial charge in [0.25, 0.3) is 5.91 Å². The summed E-state index contributed by atoms with van der Waals surface area (Å²) < 4.78 is 5.36. The lowest BCUT2D eigenvalue weighted by Gasteiger charge is -2.32. The topological polar surface area (TPSA) is 49.8 Å². The van der Waals surface area contributed by atoms with Crippen molar-refractivity contribution in [1.29, 1.82) is 0 Å². The van der Waals surface area contributed by atoms with Gasteiger partial charge in [-0.15, -0.1) is 0 Å². The van der Waals surface area contributed by atoms with Gasteiger partial charge in [-0.1, -0.05) is 17.9 Å². The predicted molar refractivity (Wildman–Crippen MR) is 81.0 cm³/mol. The number of hydrogen-bond donors (Lipinski definition) is 1. The number of amides is 1. The Bertz CT molecular complexity index is 544. The van der Waals surface area contributed by atoms with Crippen LogP contribution in [0.15, 0.2) is 24.3 Å². The number of hydrogen-bond acceptors (Lipinski definition) is 3. The molecule has 1 atom stereocenters. The van der Waals surface area contributed by atoms with Gasteiger partial charge in [-0.25, -0.2) is 0 Å². The highest BCUT2D eigenvalue weighted by Crippen LogP contribution is 2.16. The third-order valence-corrected chi connectivity index (χ3v) is 3.58. The number of aliphatic hydroxyl groups is 1. The fraction of sp³-hybridized carbons (Fsp3) is 0.471. The molecular formula is C17H21NO3. The molecule has 4 heteroatoms. The molecule has 1 fully saturated rings. The van der Waals surface area contributed by atoms with Crippen molar-refractivity contribution in [2.24, 2.45) is 0 Å². The lowest BCUT2D eigenvalue weighted by atomic mass is 10.1. The van der Waals surface area contributed by atoms with Gasteiger partial charge in [0, 0.05) is 37.7 Å². The molecule has 1 N–H and O–H groups in total. The Balaban J connectivity index is 2.09. The summed E-state index contributed by atoms with van der Waals surface area (Å²) in [7, 11) is 1.69. The van der Waals surface area contributed by atoms with Gasteiger partial charge in [-0.3, -0.25) is 4.79 Å². The van der Waals surface area contributed by atoms with E-state index in [-0.39, 0.29) is 18.6 Å². The minimum atomic E-state index is 0.0301. The van der Waals surface area contributed by atoms with Crippen molar-refractivity contribution >= 4 is 5.91 Å². The lowest BCUT2D eigenvalue weighted by Crippen LogP contribution is -2.42. The van der Waals surface area contributed by atoms with E-state index in [2.05, 4.69) is 11.8 Å². The number of methoxy groups -OCH3 is 1. The maximum Gasteiger partial charge on any atom is 0.253 e. The van der Waals surface area contributed by atoms with Gasteiger partial charge in [0.15, 0.2) is 0 Å². The summed E-state index contributed by atoms with van der Waals surface area (Å²) in [5.41, 5.74) is 1.46. The Morgan fingerprint density at radius 2 is 2.38 bits per heavy atom. The van der Waals surface area contributed by atoms with Crippen LogP contribution in [0.3, 0.4) is 0 Å². The van der Waals surface area contributed by atoms with Gasteiger partial charge in [-0.2, -0.15) is 0 Å². The zero-order chi connectivity index (χ0) is 15.1. The Morgan fingerprint density at radius 3 is 3.14 bits per heavy atom. The van der Waals surface area contributed by atoms with Crippen molar-refractivity contribution in [3.8, 4) is 11.8 Å². The van der Waals surface area contributed by atoms with E-state index in [4.69, 9.17) is 9.84 Å². The van der Waals surface area contributed by atoms with Crippen molar-refractivity contribution in [3.05, 3.63) is 35.4 Å². The van der Waals surface area contributed by atoms with E-state index in [1.807, 2.05) is 29.2 Å². The SMILES string of the molecule is COC1CCCN(C(=O)c2cccc(C#CCCO)c2)C1. The summed E-state index contributed by atoms with van der Waals surface area (Å²) >= 11 is 0. The third-order valence-electron chi connectivity index (χ3n) is 3.58. The molecule has 112 valence electrons. The standard InChI is InChI=1S/C17H21NO3/c1-21-16-9-5-10-18(13-16)17(20)15-8-4-7-14(12-15)6-2-3-11-19/h4,7-8,12,16,19H,3,5,9-11,13H2,1H3. The number of likely N-dealkylation sites (tertiary alicyclic amines) is 1. The Labute approximate surface area is 125 Å². The quantitative estimate of drug-likeness (QED) is 0.860. The van der Waals surface area contributed by atoms with Crippen LogP contribution < -0.4 is 0 Å². The number of piperidine rings is 1. The second-order valence-electron chi connectivity index (χ2n) is 5.11. The van der Waals surface area contributed by atoms with E-state index in [9.17, 15) is 4.79 Å². The highest BCUT2D eigenvalue weighted by atomic mass is 16.5. The summed E-state index contributed by atoms with van der Waals surface area (Å²) in [6, 6.07) is 7.34. The maximum absolute atomic E-state index is 12.5. The molecule has 0 radical (unpaired) electrons. The number of carbonyl (C=O) groups is 1. The normalized spacial score (nSPS) is 18.0. The molecule has 1 unspecified atom stereocenters. The van der Waals surface area contributed by atoms with Gasteiger partial charge in [0.2, 0.25) is 0 Å².